The van der Waals surface area contributed by atoms with Crippen LogP contribution in [0.1, 0.15) is 30.5 Å². The molecule has 1 atom stereocenters. The first-order valence-corrected chi connectivity index (χ1v) is 7.24. The minimum atomic E-state index is -4.26. The van der Waals surface area contributed by atoms with Gasteiger partial charge in [0.2, 0.25) is 0 Å². The molecule has 0 bridgehead atoms. The first-order valence-electron chi connectivity index (χ1n) is 5.84. The normalized spacial score (nSPS) is 13.6. The smallest absolute Gasteiger partial charge is 0.310 e. The summed E-state index contributed by atoms with van der Waals surface area (Å²) in [6, 6.07) is 5.42. The third kappa shape index (κ3) is 4.90. The van der Waals surface area contributed by atoms with Gasteiger partial charge in [0.05, 0.1) is 5.56 Å². The van der Waals surface area contributed by atoms with E-state index in [1.54, 1.807) is 11.8 Å². The van der Waals surface area contributed by atoms with Crippen molar-refractivity contribution in [1.82, 2.24) is 5.32 Å². The molecule has 0 spiro atoms. The molecular weight excluding hydrogens is 259 g/mol. The molecule has 1 rings (SSSR count). The Hall–Kier alpha value is -0.680. The summed E-state index contributed by atoms with van der Waals surface area (Å²) < 4.78 is 37.2. The van der Waals surface area contributed by atoms with Crippen LogP contribution < -0.4 is 5.32 Å². The second-order valence-corrected chi connectivity index (χ2v) is 5.13. The van der Waals surface area contributed by atoms with E-state index in [1.165, 1.54) is 12.1 Å². The van der Waals surface area contributed by atoms with Gasteiger partial charge in [-0.15, -0.1) is 0 Å². The zero-order valence-corrected chi connectivity index (χ0v) is 11.4. The summed E-state index contributed by atoms with van der Waals surface area (Å²) in [5, 5.41) is 3.30. The number of hydrogen-bond donors (Lipinski definition) is 1. The molecule has 0 saturated carbocycles. The molecule has 102 valence electrons. The number of alkyl halides is 3. The Balaban J connectivity index is 2.51. The number of halogens is 3. The Morgan fingerprint density at radius 2 is 1.83 bits per heavy atom. The molecule has 0 radical (unpaired) electrons. The van der Waals surface area contributed by atoms with Crippen molar-refractivity contribution < 1.29 is 13.2 Å². The van der Waals surface area contributed by atoms with Crippen LogP contribution in [-0.4, -0.2) is 18.6 Å². The first-order chi connectivity index (χ1) is 8.45. The topological polar surface area (TPSA) is 12.0 Å². The number of nitrogens with one attached hydrogen (secondary N) is 1. The van der Waals surface area contributed by atoms with Crippen molar-refractivity contribution >= 4 is 11.8 Å². The van der Waals surface area contributed by atoms with E-state index in [-0.39, 0.29) is 6.04 Å². The van der Waals surface area contributed by atoms with Crippen LogP contribution in [0.5, 0.6) is 0 Å². The van der Waals surface area contributed by atoms with Gasteiger partial charge in [-0.25, -0.2) is 0 Å². The number of thioether (sulfide) groups is 1. The van der Waals surface area contributed by atoms with E-state index in [4.69, 9.17) is 0 Å². The predicted octanol–water partition coefficient (Wildman–Crippen LogP) is 4.11. The summed E-state index contributed by atoms with van der Waals surface area (Å²) in [5.74, 6) is 1.09. The molecule has 0 heterocycles. The maximum Gasteiger partial charge on any atom is 0.416 e. The van der Waals surface area contributed by atoms with Crippen LogP contribution in [0.2, 0.25) is 0 Å². The third-order valence-electron chi connectivity index (χ3n) is 2.71. The summed E-state index contributed by atoms with van der Waals surface area (Å²) >= 11 is 1.79. The van der Waals surface area contributed by atoms with Gasteiger partial charge in [-0.05, 0) is 49.6 Å². The summed E-state index contributed by atoms with van der Waals surface area (Å²) in [7, 11) is 0. The van der Waals surface area contributed by atoms with E-state index in [1.807, 2.05) is 6.92 Å². The zero-order valence-electron chi connectivity index (χ0n) is 10.6. The molecule has 1 N–H and O–H groups in total. The molecule has 1 nitrogen and oxygen atoms in total. The molecule has 0 aliphatic rings. The SMILES string of the molecule is CSCCCNC(C)c1ccc(C(F)(F)F)cc1. The van der Waals surface area contributed by atoms with Crippen molar-refractivity contribution in [2.45, 2.75) is 25.6 Å². The quantitative estimate of drug-likeness (QED) is 0.785. The van der Waals surface area contributed by atoms with Gasteiger partial charge in [-0.1, -0.05) is 12.1 Å². The Morgan fingerprint density at radius 1 is 1.22 bits per heavy atom. The van der Waals surface area contributed by atoms with E-state index >= 15 is 0 Å². The van der Waals surface area contributed by atoms with Gasteiger partial charge < -0.3 is 5.32 Å². The van der Waals surface area contributed by atoms with Crippen LogP contribution in [0, 0.1) is 0 Å². The largest absolute Gasteiger partial charge is 0.416 e. The molecule has 1 aromatic carbocycles. The average Bonchev–Trinajstić information content (AvgIpc) is 2.33. The molecule has 0 aromatic heterocycles. The van der Waals surface area contributed by atoms with Crippen LogP contribution in [0.15, 0.2) is 24.3 Å². The highest BCUT2D eigenvalue weighted by atomic mass is 32.2. The number of benzene rings is 1. The average molecular weight is 277 g/mol. The van der Waals surface area contributed by atoms with Gasteiger partial charge >= 0.3 is 6.18 Å². The second-order valence-electron chi connectivity index (χ2n) is 4.14. The molecule has 5 heteroatoms. The lowest BCUT2D eigenvalue weighted by Crippen LogP contribution is -2.20. The standard InChI is InChI=1S/C13H18F3NS/c1-10(17-8-3-9-18-2)11-4-6-12(7-5-11)13(14,15)16/h4-7,10,17H,3,8-9H2,1-2H3. The molecule has 18 heavy (non-hydrogen) atoms. The fourth-order valence-electron chi connectivity index (χ4n) is 1.61. The summed E-state index contributed by atoms with van der Waals surface area (Å²) in [4.78, 5) is 0. The van der Waals surface area contributed by atoms with Crippen molar-refractivity contribution in [2.75, 3.05) is 18.6 Å². The fourth-order valence-corrected chi connectivity index (χ4v) is 2.05. The van der Waals surface area contributed by atoms with Crippen molar-refractivity contribution in [3.8, 4) is 0 Å². The van der Waals surface area contributed by atoms with Gasteiger partial charge in [-0.2, -0.15) is 24.9 Å². The van der Waals surface area contributed by atoms with Crippen LogP contribution in [0.25, 0.3) is 0 Å². The second kappa shape index (κ2) is 7.04. The van der Waals surface area contributed by atoms with Crippen molar-refractivity contribution in [1.29, 1.82) is 0 Å². The van der Waals surface area contributed by atoms with Crippen molar-refractivity contribution in [3.05, 3.63) is 35.4 Å². The maximum absolute atomic E-state index is 12.4. The minimum Gasteiger partial charge on any atom is -0.310 e. The van der Waals surface area contributed by atoms with E-state index in [9.17, 15) is 13.2 Å². The molecular formula is C13H18F3NS. The highest BCUT2D eigenvalue weighted by molar-refractivity contribution is 7.98. The van der Waals surface area contributed by atoms with Crippen LogP contribution in [-0.2, 0) is 6.18 Å². The van der Waals surface area contributed by atoms with E-state index in [2.05, 4.69) is 11.6 Å². The first kappa shape index (κ1) is 15.4. The lowest BCUT2D eigenvalue weighted by molar-refractivity contribution is -0.137. The molecule has 0 aliphatic carbocycles. The summed E-state index contributed by atoms with van der Waals surface area (Å²) in [6.45, 7) is 2.84. The van der Waals surface area contributed by atoms with E-state index < -0.39 is 11.7 Å². The monoisotopic (exact) mass is 277 g/mol. The fraction of sp³-hybridized carbons (Fsp3) is 0.538. The molecule has 1 aromatic rings. The molecule has 1 unspecified atom stereocenters. The third-order valence-corrected chi connectivity index (χ3v) is 3.41. The molecule has 0 aliphatic heterocycles. The minimum absolute atomic E-state index is 0.0779. The zero-order chi connectivity index (χ0) is 13.6. The molecule has 0 saturated heterocycles. The Kier molecular flexibility index (Phi) is 6.02. The number of hydrogen-bond acceptors (Lipinski definition) is 2. The lowest BCUT2D eigenvalue weighted by atomic mass is 10.1. The van der Waals surface area contributed by atoms with Crippen molar-refractivity contribution in [3.63, 3.8) is 0 Å². The van der Waals surface area contributed by atoms with Crippen LogP contribution in [0.4, 0.5) is 13.2 Å². The summed E-state index contributed by atoms with van der Waals surface area (Å²) in [6.07, 6.45) is -1.14. The molecule has 0 amide bonds. The van der Waals surface area contributed by atoms with E-state index in [0.29, 0.717) is 0 Å². The Bertz CT molecular complexity index is 348. The van der Waals surface area contributed by atoms with Crippen molar-refractivity contribution in [2.24, 2.45) is 0 Å². The Morgan fingerprint density at radius 3 is 2.33 bits per heavy atom. The lowest BCUT2D eigenvalue weighted by Gasteiger charge is -2.15. The van der Waals surface area contributed by atoms with Crippen LogP contribution >= 0.6 is 11.8 Å². The summed E-state index contributed by atoms with van der Waals surface area (Å²) in [5.41, 5.74) is 0.285. The van der Waals surface area contributed by atoms with Gasteiger partial charge in [-0.3, -0.25) is 0 Å². The predicted molar refractivity (Wildman–Crippen MR) is 70.9 cm³/mol. The molecule has 0 fully saturated rings. The van der Waals surface area contributed by atoms with Gasteiger partial charge in [0, 0.05) is 6.04 Å². The van der Waals surface area contributed by atoms with Crippen LogP contribution in [0.3, 0.4) is 0 Å². The van der Waals surface area contributed by atoms with Gasteiger partial charge in [0.15, 0.2) is 0 Å². The Labute approximate surface area is 110 Å². The van der Waals surface area contributed by atoms with Gasteiger partial charge in [0.25, 0.3) is 0 Å². The van der Waals surface area contributed by atoms with E-state index in [0.717, 1.165) is 36.4 Å². The number of rotatable bonds is 6. The highest BCUT2D eigenvalue weighted by Gasteiger charge is 2.30. The highest BCUT2D eigenvalue weighted by Crippen LogP contribution is 2.29. The maximum atomic E-state index is 12.4. The van der Waals surface area contributed by atoms with Gasteiger partial charge in [0.1, 0.15) is 0 Å².